The minimum absolute atomic E-state index is 0.179. The molecule has 0 aliphatic carbocycles. The lowest BCUT2D eigenvalue weighted by atomic mass is 9.99. The molecule has 1 aliphatic heterocycles. The molecule has 2 heterocycles. The molecule has 0 saturated carbocycles. The first-order valence-electron chi connectivity index (χ1n) is 9.65. The molecular formula is C20H28F3N5. The van der Waals surface area contributed by atoms with Crippen molar-refractivity contribution in [2.24, 2.45) is 5.73 Å². The largest absolute Gasteiger partial charge is 0.416 e. The van der Waals surface area contributed by atoms with Crippen molar-refractivity contribution >= 4 is 0 Å². The van der Waals surface area contributed by atoms with Crippen molar-refractivity contribution in [1.29, 1.82) is 0 Å². The molecule has 154 valence electrons. The Labute approximate surface area is 163 Å². The van der Waals surface area contributed by atoms with Crippen LogP contribution in [0.15, 0.2) is 30.5 Å². The van der Waals surface area contributed by atoms with Crippen molar-refractivity contribution in [3.8, 4) is 0 Å². The average molecular weight is 395 g/mol. The van der Waals surface area contributed by atoms with Crippen molar-refractivity contribution in [2.45, 2.75) is 63.8 Å². The minimum Gasteiger partial charge on any atom is -0.320 e. The summed E-state index contributed by atoms with van der Waals surface area (Å²) in [7, 11) is 0. The number of halogens is 3. The van der Waals surface area contributed by atoms with Gasteiger partial charge in [-0.3, -0.25) is 0 Å². The quantitative estimate of drug-likeness (QED) is 0.838. The van der Waals surface area contributed by atoms with Crippen molar-refractivity contribution in [3.63, 3.8) is 0 Å². The number of rotatable bonds is 5. The molecule has 1 saturated heterocycles. The minimum atomic E-state index is -4.30. The molecule has 1 atom stereocenters. The van der Waals surface area contributed by atoms with E-state index in [1.54, 1.807) is 6.07 Å². The Hall–Kier alpha value is -1.93. The first-order valence-corrected chi connectivity index (χ1v) is 9.65. The summed E-state index contributed by atoms with van der Waals surface area (Å²) in [5.41, 5.74) is 6.47. The van der Waals surface area contributed by atoms with Gasteiger partial charge in [-0.2, -0.15) is 13.2 Å². The summed E-state index contributed by atoms with van der Waals surface area (Å²) in [6.07, 6.45) is 0.0869. The number of likely N-dealkylation sites (tertiary alicyclic amines) is 1. The van der Waals surface area contributed by atoms with E-state index in [1.807, 2.05) is 24.7 Å². The van der Waals surface area contributed by atoms with Crippen LogP contribution in [0, 0.1) is 0 Å². The molecule has 2 aromatic rings. The molecule has 28 heavy (non-hydrogen) atoms. The highest BCUT2D eigenvalue weighted by Gasteiger charge is 2.31. The highest BCUT2D eigenvalue weighted by Crippen LogP contribution is 2.30. The van der Waals surface area contributed by atoms with Crippen LogP contribution < -0.4 is 5.73 Å². The van der Waals surface area contributed by atoms with E-state index in [0.717, 1.165) is 43.3 Å². The zero-order valence-electron chi connectivity index (χ0n) is 16.6. The molecule has 0 spiro atoms. The van der Waals surface area contributed by atoms with E-state index in [4.69, 9.17) is 5.73 Å². The van der Waals surface area contributed by atoms with Gasteiger partial charge in [-0.05, 0) is 51.7 Å². The van der Waals surface area contributed by atoms with E-state index in [-0.39, 0.29) is 12.1 Å². The van der Waals surface area contributed by atoms with Gasteiger partial charge >= 0.3 is 6.18 Å². The normalized spacial score (nSPS) is 18.4. The predicted octanol–water partition coefficient (Wildman–Crippen LogP) is 3.76. The monoisotopic (exact) mass is 395 g/mol. The number of hydrogen-bond acceptors (Lipinski definition) is 4. The van der Waals surface area contributed by atoms with E-state index in [1.165, 1.54) is 12.1 Å². The predicted molar refractivity (Wildman–Crippen MR) is 102 cm³/mol. The Morgan fingerprint density at radius 2 is 1.89 bits per heavy atom. The van der Waals surface area contributed by atoms with Gasteiger partial charge in [-0.25, -0.2) is 4.68 Å². The topological polar surface area (TPSA) is 60.0 Å². The Morgan fingerprint density at radius 3 is 2.46 bits per heavy atom. The van der Waals surface area contributed by atoms with Gasteiger partial charge in [-0.1, -0.05) is 23.4 Å². The molecule has 5 nitrogen and oxygen atoms in total. The number of alkyl halides is 3. The third-order valence-electron chi connectivity index (χ3n) is 5.45. The van der Waals surface area contributed by atoms with E-state index < -0.39 is 17.3 Å². The molecule has 2 N–H and O–H groups in total. The SMILES string of the molecule is C[C@@H](Cc1cccc(C(F)(F)F)c1)N1CCC(n2cc(C(C)(C)N)nn2)CC1. The van der Waals surface area contributed by atoms with E-state index in [9.17, 15) is 13.2 Å². The van der Waals surface area contributed by atoms with Crippen LogP contribution in [0.3, 0.4) is 0 Å². The van der Waals surface area contributed by atoms with Gasteiger partial charge < -0.3 is 10.6 Å². The van der Waals surface area contributed by atoms with Crippen LogP contribution in [0.4, 0.5) is 13.2 Å². The van der Waals surface area contributed by atoms with Crippen molar-refractivity contribution < 1.29 is 13.2 Å². The van der Waals surface area contributed by atoms with Crippen LogP contribution in [-0.4, -0.2) is 39.0 Å². The lowest BCUT2D eigenvalue weighted by Gasteiger charge is -2.36. The summed E-state index contributed by atoms with van der Waals surface area (Å²) in [5.74, 6) is 0. The zero-order chi connectivity index (χ0) is 20.5. The van der Waals surface area contributed by atoms with Gasteiger partial charge in [0, 0.05) is 19.1 Å². The summed E-state index contributed by atoms with van der Waals surface area (Å²) < 4.78 is 40.6. The van der Waals surface area contributed by atoms with Gasteiger partial charge in [0.05, 0.1) is 23.3 Å². The number of nitrogens with two attached hydrogens (primary N) is 1. The van der Waals surface area contributed by atoms with Crippen molar-refractivity contribution in [3.05, 3.63) is 47.3 Å². The molecule has 0 unspecified atom stereocenters. The highest BCUT2D eigenvalue weighted by molar-refractivity contribution is 5.26. The lowest BCUT2D eigenvalue weighted by molar-refractivity contribution is -0.137. The third kappa shape index (κ3) is 4.91. The van der Waals surface area contributed by atoms with Crippen molar-refractivity contribution in [1.82, 2.24) is 19.9 Å². The fourth-order valence-electron chi connectivity index (χ4n) is 3.69. The maximum atomic E-state index is 12.9. The molecule has 1 aliphatic rings. The van der Waals surface area contributed by atoms with Crippen LogP contribution in [0.5, 0.6) is 0 Å². The second-order valence-electron chi connectivity index (χ2n) is 8.32. The first-order chi connectivity index (χ1) is 13.0. The lowest BCUT2D eigenvalue weighted by Crippen LogP contribution is -2.41. The van der Waals surface area contributed by atoms with Gasteiger partial charge in [0.2, 0.25) is 0 Å². The van der Waals surface area contributed by atoms with Crippen LogP contribution in [0.1, 0.15) is 56.5 Å². The van der Waals surface area contributed by atoms with Crippen molar-refractivity contribution in [2.75, 3.05) is 13.1 Å². The molecule has 3 rings (SSSR count). The number of benzene rings is 1. The molecule has 8 heteroatoms. The summed E-state index contributed by atoms with van der Waals surface area (Å²) in [4.78, 5) is 2.33. The molecule has 1 fully saturated rings. The first kappa shape index (κ1) is 20.8. The smallest absolute Gasteiger partial charge is 0.320 e. The van der Waals surface area contributed by atoms with E-state index >= 15 is 0 Å². The Bertz CT molecular complexity index is 786. The fourth-order valence-corrected chi connectivity index (χ4v) is 3.69. The fraction of sp³-hybridized carbons (Fsp3) is 0.600. The van der Waals surface area contributed by atoms with Crippen LogP contribution in [0.25, 0.3) is 0 Å². The van der Waals surface area contributed by atoms with Gasteiger partial charge in [0.25, 0.3) is 0 Å². The van der Waals surface area contributed by atoms with E-state index in [0.29, 0.717) is 6.42 Å². The average Bonchev–Trinajstić information content (AvgIpc) is 3.12. The molecule has 1 aromatic carbocycles. The summed E-state index contributed by atoms with van der Waals surface area (Å²) >= 11 is 0. The Balaban J connectivity index is 1.57. The second kappa shape index (κ2) is 7.83. The molecule has 1 aromatic heterocycles. The molecule has 0 bridgehead atoms. The summed E-state index contributed by atoms with van der Waals surface area (Å²) in [6.45, 7) is 7.64. The Morgan fingerprint density at radius 1 is 1.21 bits per heavy atom. The van der Waals surface area contributed by atoms with Crippen LogP contribution in [0.2, 0.25) is 0 Å². The summed E-state index contributed by atoms with van der Waals surface area (Å²) in [6, 6.07) is 6.09. The van der Waals surface area contributed by atoms with Gasteiger partial charge in [0.15, 0.2) is 0 Å². The van der Waals surface area contributed by atoms with Gasteiger partial charge in [-0.15, -0.1) is 5.10 Å². The van der Waals surface area contributed by atoms with Crippen LogP contribution in [-0.2, 0) is 18.1 Å². The maximum Gasteiger partial charge on any atom is 0.416 e. The number of aromatic nitrogens is 3. The van der Waals surface area contributed by atoms with E-state index in [2.05, 4.69) is 22.1 Å². The third-order valence-corrected chi connectivity index (χ3v) is 5.45. The number of piperidine rings is 1. The highest BCUT2D eigenvalue weighted by atomic mass is 19.4. The molecule has 0 radical (unpaired) electrons. The zero-order valence-corrected chi connectivity index (χ0v) is 16.6. The van der Waals surface area contributed by atoms with Gasteiger partial charge in [0.1, 0.15) is 5.69 Å². The Kier molecular flexibility index (Phi) is 5.82. The molecule has 0 amide bonds. The standard InChI is InChI=1S/C20H28F3N5/c1-14(11-15-5-4-6-16(12-15)20(21,22)23)27-9-7-17(8-10-27)28-13-18(25-26-28)19(2,3)24/h4-6,12-14,17H,7-11,24H2,1-3H3/t14-/m0/s1. The second-order valence-corrected chi connectivity index (χ2v) is 8.32. The maximum absolute atomic E-state index is 12.9. The van der Waals surface area contributed by atoms with Crippen LogP contribution >= 0.6 is 0 Å². The number of hydrogen-bond donors (Lipinski definition) is 1. The number of nitrogens with zero attached hydrogens (tertiary/aromatic N) is 4. The molecular weight excluding hydrogens is 367 g/mol. The summed E-state index contributed by atoms with van der Waals surface area (Å²) in [5, 5.41) is 8.42.